The molecular weight excluding hydrogens is 514 g/mol. The molecule has 0 atom stereocenters. The van der Waals surface area contributed by atoms with Gasteiger partial charge in [0, 0.05) is 4.47 Å². The second-order valence-corrected chi connectivity index (χ2v) is 9.37. The summed E-state index contributed by atoms with van der Waals surface area (Å²) in [5.41, 5.74) is 3.35. The van der Waals surface area contributed by atoms with Crippen molar-refractivity contribution in [1.29, 1.82) is 0 Å². The van der Waals surface area contributed by atoms with Gasteiger partial charge in [0.1, 0.15) is 19.0 Å². The number of aromatic nitrogens is 3. The van der Waals surface area contributed by atoms with Crippen LogP contribution in [0, 0.1) is 6.92 Å². The number of nitrogens with zero attached hydrogens (tertiary/aromatic N) is 3. The van der Waals surface area contributed by atoms with Gasteiger partial charge in [0.05, 0.1) is 32.9 Å². The lowest BCUT2D eigenvalue weighted by Crippen LogP contribution is -2.13. The van der Waals surface area contributed by atoms with Crippen LogP contribution < -0.4 is 4.74 Å². The lowest BCUT2D eigenvalue weighted by atomic mass is 10.1. The van der Waals surface area contributed by atoms with Gasteiger partial charge in [0.15, 0.2) is 5.65 Å². The van der Waals surface area contributed by atoms with E-state index < -0.39 is 5.97 Å². The fourth-order valence-electron chi connectivity index (χ4n) is 3.65. The van der Waals surface area contributed by atoms with E-state index in [2.05, 4.69) is 21.0 Å². The van der Waals surface area contributed by atoms with Crippen molar-refractivity contribution in [3.05, 3.63) is 93.9 Å². The molecule has 0 aliphatic heterocycles. The van der Waals surface area contributed by atoms with Gasteiger partial charge in [-0.15, -0.1) is 11.3 Å². The topological polar surface area (TPSA) is 66.2 Å². The first-order valence-corrected chi connectivity index (χ1v) is 12.3. The highest BCUT2D eigenvalue weighted by Crippen LogP contribution is 2.31. The van der Waals surface area contributed by atoms with Crippen LogP contribution in [0.2, 0.25) is 0 Å². The number of fused-ring (bicyclic) bond motifs is 1. The van der Waals surface area contributed by atoms with Crippen LogP contribution in [0.1, 0.15) is 16.1 Å². The Morgan fingerprint density at radius 1 is 1.03 bits per heavy atom. The van der Waals surface area contributed by atoms with Crippen LogP contribution in [0.4, 0.5) is 0 Å². The van der Waals surface area contributed by atoms with E-state index in [1.54, 1.807) is 22.1 Å². The third-order valence-corrected chi connectivity index (χ3v) is 6.63. The van der Waals surface area contributed by atoms with Crippen molar-refractivity contribution in [2.75, 3.05) is 13.2 Å². The third kappa shape index (κ3) is 4.60. The third-order valence-electron chi connectivity index (χ3n) is 5.21. The number of benzene rings is 2. The number of pyridine rings is 1. The summed E-state index contributed by atoms with van der Waals surface area (Å²) in [5, 5.41) is 7.36. The standard InChI is InChI=1S/C26H20BrN3O3S/c1-17-24-21(26(31)33-14-13-32-20-11-9-18(27)10-12-20)16-22(23-8-5-15-34-23)28-25(24)30(29-17)19-6-3-2-4-7-19/h2-12,15-16H,13-14H2,1H3. The molecule has 0 amide bonds. The zero-order chi connectivity index (χ0) is 23.5. The Balaban J connectivity index is 1.46. The minimum absolute atomic E-state index is 0.124. The lowest BCUT2D eigenvalue weighted by molar-refractivity contribution is 0.0452. The molecule has 0 saturated carbocycles. The Bertz CT molecular complexity index is 1430. The predicted molar refractivity (Wildman–Crippen MR) is 137 cm³/mol. The summed E-state index contributed by atoms with van der Waals surface area (Å²) in [6, 6.07) is 23.0. The number of hydrogen-bond acceptors (Lipinski definition) is 6. The molecule has 0 unspecified atom stereocenters. The molecule has 6 nitrogen and oxygen atoms in total. The number of carbonyl (C=O) groups is 1. The number of aryl methyl sites for hydroxylation is 1. The van der Waals surface area contributed by atoms with Crippen LogP contribution in [0.15, 0.2) is 82.6 Å². The van der Waals surface area contributed by atoms with Crippen LogP contribution >= 0.6 is 27.3 Å². The molecule has 3 heterocycles. The lowest BCUT2D eigenvalue weighted by Gasteiger charge is -2.10. The Kier molecular flexibility index (Phi) is 6.42. The van der Waals surface area contributed by atoms with Gasteiger partial charge in [0.2, 0.25) is 0 Å². The van der Waals surface area contributed by atoms with Crippen molar-refractivity contribution in [2.45, 2.75) is 6.92 Å². The van der Waals surface area contributed by atoms with Crippen molar-refractivity contribution in [1.82, 2.24) is 14.8 Å². The molecule has 5 aromatic rings. The quantitative estimate of drug-likeness (QED) is 0.177. The van der Waals surface area contributed by atoms with Gasteiger partial charge >= 0.3 is 5.97 Å². The SMILES string of the molecule is Cc1nn(-c2ccccc2)c2nc(-c3cccs3)cc(C(=O)OCCOc3ccc(Br)cc3)c12. The van der Waals surface area contributed by atoms with Gasteiger partial charge in [-0.3, -0.25) is 0 Å². The molecule has 170 valence electrons. The number of ether oxygens (including phenoxy) is 2. The Hall–Kier alpha value is -3.49. The number of hydrogen-bond donors (Lipinski definition) is 0. The summed E-state index contributed by atoms with van der Waals surface area (Å²) in [4.78, 5) is 19.0. The van der Waals surface area contributed by atoms with Gasteiger partial charge in [-0.25, -0.2) is 14.5 Å². The molecule has 0 N–H and O–H groups in total. The van der Waals surface area contributed by atoms with Crippen LogP contribution in [0.25, 0.3) is 27.3 Å². The highest BCUT2D eigenvalue weighted by molar-refractivity contribution is 9.10. The van der Waals surface area contributed by atoms with E-state index in [0.717, 1.165) is 15.0 Å². The summed E-state index contributed by atoms with van der Waals surface area (Å²) < 4.78 is 14.0. The van der Waals surface area contributed by atoms with Crippen molar-refractivity contribution in [3.63, 3.8) is 0 Å². The first-order valence-electron chi connectivity index (χ1n) is 10.7. The van der Waals surface area contributed by atoms with Gasteiger partial charge in [-0.1, -0.05) is 40.2 Å². The minimum atomic E-state index is -0.430. The van der Waals surface area contributed by atoms with E-state index >= 15 is 0 Å². The van der Waals surface area contributed by atoms with Gasteiger partial charge < -0.3 is 9.47 Å². The van der Waals surface area contributed by atoms with Crippen molar-refractivity contribution in [3.8, 4) is 22.0 Å². The molecule has 0 fully saturated rings. The normalized spacial score (nSPS) is 11.0. The number of rotatable bonds is 7. The maximum absolute atomic E-state index is 13.2. The van der Waals surface area contributed by atoms with Crippen LogP contribution in [0.3, 0.4) is 0 Å². The monoisotopic (exact) mass is 533 g/mol. The average Bonchev–Trinajstić information content (AvgIpc) is 3.51. The van der Waals surface area contributed by atoms with E-state index in [9.17, 15) is 4.79 Å². The van der Waals surface area contributed by atoms with Gasteiger partial charge in [-0.2, -0.15) is 5.10 Å². The first-order chi connectivity index (χ1) is 16.6. The fourth-order valence-corrected chi connectivity index (χ4v) is 4.60. The van der Waals surface area contributed by atoms with Crippen molar-refractivity contribution in [2.24, 2.45) is 0 Å². The molecular formula is C26H20BrN3O3S. The molecule has 0 radical (unpaired) electrons. The zero-order valence-corrected chi connectivity index (χ0v) is 20.7. The second-order valence-electron chi connectivity index (χ2n) is 7.50. The highest BCUT2D eigenvalue weighted by atomic mass is 79.9. The molecule has 8 heteroatoms. The Labute approximate surface area is 208 Å². The number of esters is 1. The van der Waals surface area contributed by atoms with E-state index in [1.165, 1.54) is 0 Å². The summed E-state index contributed by atoms with van der Waals surface area (Å²) in [6.45, 7) is 2.25. The molecule has 34 heavy (non-hydrogen) atoms. The Morgan fingerprint density at radius 3 is 2.56 bits per heavy atom. The summed E-state index contributed by atoms with van der Waals surface area (Å²) in [7, 11) is 0. The predicted octanol–water partition coefficient (Wildman–Crippen LogP) is 6.46. The number of carbonyl (C=O) groups excluding carboxylic acids is 1. The zero-order valence-electron chi connectivity index (χ0n) is 18.3. The molecule has 0 saturated heterocycles. The summed E-state index contributed by atoms with van der Waals surface area (Å²) in [6.07, 6.45) is 0. The van der Waals surface area contributed by atoms with E-state index in [1.807, 2.05) is 79.0 Å². The smallest absolute Gasteiger partial charge is 0.339 e. The van der Waals surface area contributed by atoms with Gasteiger partial charge in [-0.05, 0) is 60.8 Å². The van der Waals surface area contributed by atoms with E-state index in [4.69, 9.17) is 14.5 Å². The molecule has 2 aromatic carbocycles. The largest absolute Gasteiger partial charge is 0.490 e. The fraction of sp³-hybridized carbons (Fsp3) is 0.115. The Morgan fingerprint density at radius 2 is 1.82 bits per heavy atom. The molecule has 0 aliphatic carbocycles. The van der Waals surface area contributed by atoms with E-state index in [-0.39, 0.29) is 13.2 Å². The number of halogens is 1. The summed E-state index contributed by atoms with van der Waals surface area (Å²) in [5.74, 6) is 0.283. The minimum Gasteiger partial charge on any atom is -0.490 e. The average molecular weight is 534 g/mol. The molecule has 0 aliphatic rings. The number of para-hydroxylation sites is 1. The van der Waals surface area contributed by atoms with Gasteiger partial charge in [0.25, 0.3) is 0 Å². The van der Waals surface area contributed by atoms with E-state index in [0.29, 0.717) is 33.7 Å². The summed E-state index contributed by atoms with van der Waals surface area (Å²) >= 11 is 4.96. The van der Waals surface area contributed by atoms with Crippen LogP contribution in [-0.2, 0) is 4.74 Å². The highest BCUT2D eigenvalue weighted by Gasteiger charge is 2.22. The number of thiophene rings is 1. The van der Waals surface area contributed by atoms with Crippen LogP contribution in [-0.4, -0.2) is 33.9 Å². The second kappa shape index (κ2) is 9.79. The molecule has 0 spiro atoms. The molecule has 3 aromatic heterocycles. The molecule has 0 bridgehead atoms. The first kappa shape index (κ1) is 22.3. The van der Waals surface area contributed by atoms with Crippen molar-refractivity contribution < 1.29 is 14.3 Å². The molecule has 5 rings (SSSR count). The van der Waals surface area contributed by atoms with Crippen molar-refractivity contribution >= 4 is 44.3 Å². The van der Waals surface area contributed by atoms with Crippen LogP contribution in [0.5, 0.6) is 5.75 Å². The maximum Gasteiger partial charge on any atom is 0.339 e. The maximum atomic E-state index is 13.2.